The van der Waals surface area contributed by atoms with E-state index >= 15 is 0 Å². The molecular weight excluding hydrogens is 364 g/mol. The van der Waals surface area contributed by atoms with Crippen LogP contribution in [-0.2, 0) is 11.3 Å². The van der Waals surface area contributed by atoms with Crippen molar-refractivity contribution in [3.05, 3.63) is 45.9 Å². The van der Waals surface area contributed by atoms with Gasteiger partial charge in [0.15, 0.2) is 0 Å². The summed E-state index contributed by atoms with van der Waals surface area (Å²) in [6.07, 6.45) is 2.33. The van der Waals surface area contributed by atoms with Crippen molar-refractivity contribution in [3.63, 3.8) is 0 Å². The molecule has 1 aliphatic heterocycles. The first-order valence-electron chi connectivity index (χ1n) is 8.90. The van der Waals surface area contributed by atoms with Gasteiger partial charge in [-0.25, -0.2) is 9.29 Å². The minimum atomic E-state index is -0.764. The average Bonchev–Trinajstić information content (AvgIpc) is 3.23. The van der Waals surface area contributed by atoms with E-state index in [0.717, 1.165) is 15.5 Å². The predicted octanol–water partition coefficient (Wildman–Crippen LogP) is 5.28. The third-order valence-corrected chi connectivity index (χ3v) is 5.63. The molecule has 140 valence electrons. The van der Waals surface area contributed by atoms with Crippen molar-refractivity contribution >= 4 is 29.3 Å². The third kappa shape index (κ3) is 5.87. The van der Waals surface area contributed by atoms with E-state index in [1.54, 1.807) is 17.5 Å². The summed E-state index contributed by atoms with van der Waals surface area (Å²) in [6.45, 7) is 10.6. The predicted molar refractivity (Wildman–Crippen MR) is 110 cm³/mol. The Morgan fingerprint density at radius 2 is 2.04 bits per heavy atom. The van der Waals surface area contributed by atoms with Gasteiger partial charge in [-0.1, -0.05) is 40.7 Å². The number of pyridine rings is 1. The first-order valence-corrected chi connectivity index (χ1v) is 10.5. The Balaban J connectivity index is 0.000000791. The molecule has 0 bridgehead atoms. The molecule has 1 atom stereocenters. The largest absolute Gasteiger partial charge is 0.480 e. The second-order valence-corrected chi connectivity index (χ2v) is 7.02. The van der Waals surface area contributed by atoms with Crippen molar-refractivity contribution in [3.8, 4) is 11.8 Å². The SMILES string of the molecule is CC.CC.CCC(C(=O)O)N1Cc2sc(C#Cc3ccccn3)cc2S1. The number of aliphatic carboxylic acids is 1. The van der Waals surface area contributed by atoms with Crippen LogP contribution < -0.4 is 0 Å². The van der Waals surface area contributed by atoms with E-state index in [1.807, 2.05) is 63.2 Å². The molecule has 0 saturated heterocycles. The van der Waals surface area contributed by atoms with Gasteiger partial charge >= 0.3 is 5.97 Å². The lowest BCUT2D eigenvalue weighted by Crippen LogP contribution is -2.33. The zero-order chi connectivity index (χ0) is 19.5. The molecule has 0 aromatic carbocycles. The number of aromatic nitrogens is 1. The Labute approximate surface area is 164 Å². The third-order valence-electron chi connectivity index (χ3n) is 3.28. The quantitative estimate of drug-likeness (QED) is 0.571. The van der Waals surface area contributed by atoms with Gasteiger partial charge in [0.05, 0.1) is 4.88 Å². The van der Waals surface area contributed by atoms with E-state index in [1.165, 1.54) is 16.8 Å². The highest BCUT2D eigenvalue weighted by molar-refractivity contribution is 7.97. The molecule has 2 aromatic heterocycles. The minimum Gasteiger partial charge on any atom is -0.480 e. The Morgan fingerprint density at radius 1 is 1.31 bits per heavy atom. The van der Waals surface area contributed by atoms with E-state index in [4.69, 9.17) is 0 Å². The number of rotatable bonds is 3. The maximum absolute atomic E-state index is 11.2. The Morgan fingerprint density at radius 3 is 2.58 bits per heavy atom. The summed E-state index contributed by atoms with van der Waals surface area (Å²) in [5.41, 5.74) is 0.752. The van der Waals surface area contributed by atoms with Crippen molar-refractivity contribution in [2.75, 3.05) is 0 Å². The normalized spacial score (nSPS) is 13.1. The number of hydrogen-bond acceptors (Lipinski definition) is 5. The highest BCUT2D eigenvalue weighted by Crippen LogP contribution is 2.42. The summed E-state index contributed by atoms with van der Waals surface area (Å²) < 4.78 is 1.93. The van der Waals surface area contributed by atoms with E-state index < -0.39 is 12.0 Å². The van der Waals surface area contributed by atoms with Crippen molar-refractivity contribution < 1.29 is 9.90 Å². The molecule has 0 amide bonds. The molecule has 1 unspecified atom stereocenters. The highest BCUT2D eigenvalue weighted by Gasteiger charge is 2.31. The van der Waals surface area contributed by atoms with E-state index in [-0.39, 0.29) is 0 Å². The Bertz CT molecular complexity index is 725. The molecule has 1 aliphatic rings. The summed E-state index contributed by atoms with van der Waals surface area (Å²) in [4.78, 5) is 18.7. The van der Waals surface area contributed by atoms with Gasteiger partial charge in [-0.15, -0.1) is 11.3 Å². The Hall–Kier alpha value is -1.81. The molecule has 0 fully saturated rings. The van der Waals surface area contributed by atoms with Crippen molar-refractivity contribution in [1.82, 2.24) is 9.29 Å². The average molecular weight is 391 g/mol. The van der Waals surface area contributed by atoms with Crippen LogP contribution in [0.3, 0.4) is 0 Å². The van der Waals surface area contributed by atoms with Crippen molar-refractivity contribution in [2.45, 2.75) is 58.5 Å². The van der Waals surface area contributed by atoms with Crippen LogP contribution in [-0.4, -0.2) is 26.4 Å². The number of carbonyl (C=O) groups is 1. The summed E-state index contributed by atoms with van der Waals surface area (Å²) in [5, 5.41) is 9.23. The van der Waals surface area contributed by atoms with Gasteiger partial charge in [0, 0.05) is 22.5 Å². The van der Waals surface area contributed by atoms with Gasteiger partial charge in [-0.05, 0) is 48.4 Å². The van der Waals surface area contributed by atoms with E-state index in [2.05, 4.69) is 16.8 Å². The van der Waals surface area contributed by atoms with Gasteiger partial charge in [-0.3, -0.25) is 4.79 Å². The van der Waals surface area contributed by atoms with Gasteiger partial charge < -0.3 is 5.11 Å². The molecule has 26 heavy (non-hydrogen) atoms. The molecule has 0 radical (unpaired) electrons. The molecule has 6 heteroatoms. The molecule has 0 saturated carbocycles. The fourth-order valence-corrected chi connectivity index (χ4v) is 4.65. The lowest BCUT2D eigenvalue weighted by molar-refractivity contribution is -0.141. The first kappa shape index (κ1) is 22.2. The van der Waals surface area contributed by atoms with E-state index in [9.17, 15) is 9.90 Å². The molecule has 1 N–H and O–H groups in total. The van der Waals surface area contributed by atoms with Crippen LogP contribution in [0.2, 0.25) is 0 Å². The molecule has 3 heterocycles. The molecule has 3 rings (SSSR count). The van der Waals surface area contributed by atoms with E-state index in [0.29, 0.717) is 13.0 Å². The standard InChI is InChI=1S/C16H14N2O2S2.2C2H6/c1-2-13(16(19)20)18-10-15-14(22-18)9-12(21-15)7-6-11-5-3-4-8-17-11;2*1-2/h3-5,8-9,13H,2,10H2,1H3,(H,19,20);2*1-2H3. The van der Waals surface area contributed by atoms with Crippen LogP contribution in [0.15, 0.2) is 35.4 Å². The smallest absolute Gasteiger partial charge is 0.321 e. The molecule has 4 nitrogen and oxygen atoms in total. The fourth-order valence-electron chi connectivity index (χ4n) is 2.20. The van der Waals surface area contributed by atoms with Crippen LogP contribution in [0.5, 0.6) is 0 Å². The van der Waals surface area contributed by atoms with Gasteiger partial charge in [0.25, 0.3) is 0 Å². The maximum Gasteiger partial charge on any atom is 0.321 e. The zero-order valence-corrected chi connectivity index (χ0v) is 17.6. The summed E-state index contributed by atoms with van der Waals surface area (Å²) in [7, 11) is 0. The summed E-state index contributed by atoms with van der Waals surface area (Å²) >= 11 is 3.15. The van der Waals surface area contributed by atoms with Crippen LogP contribution in [0, 0.1) is 11.8 Å². The van der Waals surface area contributed by atoms with Crippen molar-refractivity contribution in [1.29, 1.82) is 0 Å². The molecule has 0 aliphatic carbocycles. The molecule has 0 spiro atoms. The lowest BCUT2D eigenvalue weighted by atomic mass is 10.2. The number of carboxylic acids is 1. The summed E-state index contributed by atoms with van der Waals surface area (Å²) in [6, 6.07) is 7.25. The van der Waals surface area contributed by atoms with Crippen LogP contribution in [0.4, 0.5) is 0 Å². The fraction of sp³-hybridized carbons (Fsp3) is 0.400. The van der Waals surface area contributed by atoms with Crippen LogP contribution >= 0.6 is 23.3 Å². The lowest BCUT2D eigenvalue weighted by Gasteiger charge is -2.20. The second-order valence-electron chi connectivity index (χ2n) is 4.79. The van der Waals surface area contributed by atoms with Gasteiger partial charge in [0.2, 0.25) is 0 Å². The van der Waals surface area contributed by atoms with Crippen molar-refractivity contribution in [2.24, 2.45) is 0 Å². The highest BCUT2D eigenvalue weighted by atomic mass is 32.2. The van der Waals surface area contributed by atoms with Crippen LogP contribution in [0.1, 0.15) is 56.5 Å². The molecular formula is C20H26N2O2S2. The second kappa shape index (κ2) is 11.7. The first-order chi connectivity index (χ1) is 12.7. The zero-order valence-electron chi connectivity index (χ0n) is 15.9. The van der Waals surface area contributed by atoms with Gasteiger partial charge in [-0.2, -0.15) is 0 Å². The minimum absolute atomic E-state index is 0.437. The van der Waals surface area contributed by atoms with Gasteiger partial charge in [0.1, 0.15) is 11.7 Å². The summed E-state index contributed by atoms with van der Waals surface area (Å²) in [5.74, 6) is 5.41. The topological polar surface area (TPSA) is 53.4 Å². The number of fused-ring (bicyclic) bond motifs is 1. The monoisotopic (exact) mass is 390 g/mol. The van der Waals surface area contributed by atoms with Crippen LogP contribution in [0.25, 0.3) is 0 Å². The Kier molecular flexibility index (Phi) is 10.0. The number of carboxylic acid groups (broad SMARTS) is 1. The molecule has 2 aromatic rings. The maximum atomic E-state index is 11.2. The number of nitrogens with zero attached hydrogens (tertiary/aromatic N) is 2. The number of hydrogen-bond donors (Lipinski definition) is 1. The number of thiophene rings is 1.